The van der Waals surface area contributed by atoms with Gasteiger partial charge in [-0.15, -0.1) is 0 Å². The van der Waals surface area contributed by atoms with Crippen molar-refractivity contribution in [3.63, 3.8) is 0 Å². The summed E-state index contributed by atoms with van der Waals surface area (Å²) in [5, 5.41) is 10.6. The fourth-order valence-electron chi connectivity index (χ4n) is 1.83. The molecule has 1 amide bonds. The number of nitro groups is 1. The van der Waals surface area contributed by atoms with Gasteiger partial charge in [-0.1, -0.05) is 30.3 Å². The summed E-state index contributed by atoms with van der Waals surface area (Å²) in [7, 11) is 0. The first-order valence-corrected chi connectivity index (χ1v) is 6.19. The number of rotatable bonds is 5. The maximum absolute atomic E-state index is 12.2. The number of nitrogens with zero attached hydrogens (tertiary/aromatic N) is 2. The Morgan fingerprint density at radius 3 is 2.50 bits per heavy atom. The van der Waals surface area contributed by atoms with Crippen LogP contribution < -0.4 is 0 Å². The Hall–Kier alpha value is -2.63. The van der Waals surface area contributed by atoms with Crippen LogP contribution in [0.5, 0.6) is 0 Å². The zero-order valence-corrected chi connectivity index (χ0v) is 11.0. The Morgan fingerprint density at radius 1 is 1.25 bits per heavy atom. The second-order valence-corrected chi connectivity index (χ2v) is 4.20. The van der Waals surface area contributed by atoms with Crippen LogP contribution in [0.3, 0.4) is 0 Å². The van der Waals surface area contributed by atoms with Crippen LogP contribution in [-0.4, -0.2) is 22.3 Å². The van der Waals surface area contributed by atoms with Gasteiger partial charge in [0.1, 0.15) is 4.92 Å². The molecule has 0 unspecified atom stereocenters. The number of carbonyl (C=O) groups is 1. The summed E-state index contributed by atoms with van der Waals surface area (Å²) in [5.74, 6) is -0.803. The number of hydrogen-bond acceptors (Lipinski definition) is 4. The minimum atomic E-state index is -0.662. The minimum Gasteiger partial charge on any atom is -0.395 e. The SMILES string of the molecule is CCN(Cc1ccccc1)C(=O)c1ccc([N+](=O)[O-])o1. The van der Waals surface area contributed by atoms with E-state index in [2.05, 4.69) is 0 Å². The lowest BCUT2D eigenvalue weighted by molar-refractivity contribution is -0.402. The lowest BCUT2D eigenvalue weighted by atomic mass is 10.2. The molecule has 0 radical (unpaired) electrons. The van der Waals surface area contributed by atoms with Gasteiger partial charge in [-0.25, -0.2) is 0 Å². The first kappa shape index (κ1) is 13.8. The van der Waals surface area contributed by atoms with Crippen molar-refractivity contribution in [2.75, 3.05) is 6.54 Å². The van der Waals surface area contributed by atoms with Crippen molar-refractivity contribution in [1.29, 1.82) is 0 Å². The van der Waals surface area contributed by atoms with Crippen molar-refractivity contribution in [2.24, 2.45) is 0 Å². The average molecular weight is 274 g/mol. The molecule has 2 rings (SSSR count). The zero-order chi connectivity index (χ0) is 14.5. The van der Waals surface area contributed by atoms with E-state index in [4.69, 9.17) is 4.42 Å². The van der Waals surface area contributed by atoms with E-state index in [-0.39, 0.29) is 11.7 Å². The van der Waals surface area contributed by atoms with Crippen LogP contribution >= 0.6 is 0 Å². The fraction of sp³-hybridized carbons (Fsp3) is 0.214. The summed E-state index contributed by atoms with van der Waals surface area (Å²) >= 11 is 0. The molecule has 6 heteroatoms. The minimum absolute atomic E-state index is 0.0190. The Kier molecular flexibility index (Phi) is 4.14. The number of furan rings is 1. The summed E-state index contributed by atoms with van der Waals surface area (Å²) in [6.45, 7) is 2.77. The largest absolute Gasteiger partial charge is 0.433 e. The topological polar surface area (TPSA) is 76.6 Å². The molecule has 1 aromatic carbocycles. The average Bonchev–Trinajstić information content (AvgIpc) is 2.95. The first-order valence-electron chi connectivity index (χ1n) is 6.19. The molecule has 0 saturated carbocycles. The first-order chi connectivity index (χ1) is 9.61. The fourth-order valence-corrected chi connectivity index (χ4v) is 1.83. The molecule has 6 nitrogen and oxygen atoms in total. The van der Waals surface area contributed by atoms with E-state index in [1.807, 2.05) is 37.3 Å². The van der Waals surface area contributed by atoms with E-state index < -0.39 is 10.8 Å². The molecule has 20 heavy (non-hydrogen) atoms. The number of amides is 1. The third-order valence-electron chi connectivity index (χ3n) is 2.87. The highest BCUT2D eigenvalue weighted by molar-refractivity contribution is 5.91. The molecule has 0 bridgehead atoms. The molecule has 104 valence electrons. The van der Waals surface area contributed by atoms with Gasteiger partial charge in [-0.05, 0) is 18.6 Å². The molecule has 0 fully saturated rings. The van der Waals surface area contributed by atoms with Crippen LogP contribution in [0.2, 0.25) is 0 Å². The second-order valence-electron chi connectivity index (χ2n) is 4.20. The molecular weight excluding hydrogens is 260 g/mol. The van der Waals surface area contributed by atoms with Crippen LogP contribution in [0.4, 0.5) is 5.88 Å². The molecule has 1 heterocycles. The second kappa shape index (κ2) is 6.01. The van der Waals surface area contributed by atoms with Crippen LogP contribution in [0, 0.1) is 10.1 Å². The molecule has 0 aliphatic rings. The highest BCUT2D eigenvalue weighted by Gasteiger charge is 2.21. The predicted octanol–water partition coefficient (Wildman–Crippen LogP) is 2.85. The van der Waals surface area contributed by atoms with E-state index in [9.17, 15) is 14.9 Å². The molecule has 0 atom stereocenters. The maximum Gasteiger partial charge on any atom is 0.433 e. The van der Waals surface area contributed by atoms with E-state index >= 15 is 0 Å². The van der Waals surface area contributed by atoms with Gasteiger partial charge < -0.3 is 9.32 Å². The quantitative estimate of drug-likeness (QED) is 0.620. The van der Waals surface area contributed by atoms with Crippen molar-refractivity contribution in [2.45, 2.75) is 13.5 Å². The van der Waals surface area contributed by atoms with Gasteiger partial charge in [0.15, 0.2) is 5.76 Å². The summed E-state index contributed by atoms with van der Waals surface area (Å²) in [4.78, 5) is 23.7. The molecule has 0 saturated heterocycles. The Bertz CT molecular complexity index is 607. The summed E-state index contributed by atoms with van der Waals surface area (Å²) < 4.78 is 4.94. The molecule has 0 spiro atoms. The summed E-state index contributed by atoms with van der Waals surface area (Å²) in [5.41, 5.74) is 0.990. The van der Waals surface area contributed by atoms with Gasteiger partial charge in [0.05, 0.1) is 6.07 Å². The molecule has 0 aliphatic carbocycles. The number of carbonyl (C=O) groups excluding carboxylic acids is 1. The molecule has 1 aromatic heterocycles. The summed E-state index contributed by atoms with van der Waals surface area (Å²) in [6.07, 6.45) is 0. The van der Waals surface area contributed by atoms with Gasteiger partial charge in [0.2, 0.25) is 0 Å². The maximum atomic E-state index is 12.2. The van der Waals surface area contributed by atoms with Crippen LogP contribution in [-0.2, 0) is 6.54 Å². The highest BCUT2D eigenvalue weighted by Crippen LogP contribution is 2.18. The van der Waals surface area contributed by atoms with Gasteiger partial charge >= 0.3 is 5.88 Å². The Labute approximate surface area is 115 Å². The standard InChI is InChI=1S/C14H14N2O4/c1-2-15(10-11-6-4-3-5-7-11)14(17)12-8-9-13(20-12)16(18)19/h3-9H,2,10H2,1H3. The third-order valence-corrected chi connectivity index (χ3v) is 2.87. The zero-order valence-electron chi connectivity index (χ0n) is 11.0. The Balaban J connectivity index is 2.14. The van der Waals surface area contributed by atoms with E-state index in [0.717, 1.165) is 5.56 Å². The van der Waals surface area contributed by atoms with Crippen molar-refractivity contribution >= 4 is 11.8 Å². The van der Waals surface area contributed by atoms with Gasteiger partial charge in [0, 0.05) is 13.1 Å². The highest BCUT2D eigenvalue weighted by atomic mass is 16.6. The summed E-state index contributed by atoms with van der Waals surface area (Å²) in [6, 6.07) is 12.0. The van der Waals surface area contributed by atoms with Crippen molar-refractivity contribution in [1.82, 2.24) is 4.90 Å². The molecular formula is C14H14N2O4. The van der Waals surface area contributed by atoms with Crippen LogP contribution in [0.1, 0.15) is 23.0 Å². The lowest BCUT2D eigenvalue weighted by Crippen LogP contribution is -2.29. The van der Waals surface area contributed by atoms with Crippen molar-refractivity contribution in [3.05, 3.63) is 63.9 Å². The third kappa shape index (κ3) is 3.03. The molecule has 2 aromatic rings. The number of benzene rings is 1. The molecule has 0 N–H and O–H groups in total. The normalized spacial score (nSPS) is 10.2. The van der Waals surface area contributed by atoms with Gasteiger partial charge in [-0.3, -0.25) is 14.9 Å². The van der Waals surface area contributed by atoms with Crippen molar-refractivity contribution < 1.29 is 14.1 Å². The smallest absolute Gasteiger partial charge is 0.395 e. The molecule has 0 aliphatic heterocycles. The Morgan fingerprint density at radius 2 is 1.95 bits per heavy atom. The van der Waals surface area contributed by atoms with Crippen molar-refractivity contribution in [3.8, 4) is 0 Å². The van der Waals surface area contributed by atoms with Gasteiger partial charge in [-0.2, -0.15) is 0 Å². The predicted molar refractivity (Wildman–Crippen MR) is 72.2 cm³/mol. The van der Waals surface area contributed by atoms with E-state index in [1.54, 1.807) is 4.90 Å². The van der Waals surface area contributed by atoms with E-state index in [1.165, 1.54) is 12.1 Å². The van der Waals surface area contributed by atoms with Crippen LogP contribution in [0.15, 0.2) is 46.9 Å². The number of hydrogen-bond donors (Lipinski definition) is 0. The van der Waals surface area contributed by atoms with Gasteiger partial charge in [0.25, 0.3) is 5.91 Å². The van der Waals surface area contributed by atoms with Crippen LogP contribution in [0.25, 0.3) is 0 Å². The monoisotopic (exact) mass is 274 g/mol. The lowest BCUT2D eigenvalue weighted by Gasteiger charge is -2.19. The van der Waals surface area contributed by atoms with E-state index in [0.29, 0.717) is 13.1 Å².